The van der Waals surface area contributed by atoms with Crippen LogP contribution < -0.4 is 31.8 Å². The first kappa shape index (κ1) is 28.2. The molecule has 0 radical (unpaired) electrons. The molecule has 0 spiro atoms. The Morgan fingerprint density at radius 1 is 0.250 bits per heavy atom. The maximum Gasteiger partial charge on any atom is -0.00151 e. The fourth-order valence-electron chi connectivity index (χ4n) is 5.91. The minimum Gasteiger partial charge on any atom is -0.0622 e. The Kier molecular flexibility index (Phi) is 8.56. The van der Waals surface area contributed by atoms with Crippen molar-refractivity contribution in [1.29, 1.82) is 0 Å². The van der Waals surface area contributed by atoms with Crippen molar-refractivity contribution in [3.8, 4) is 22.3 Å². The summed E-state index contributed by atoms with van der Waals surface area (Å²) >= 11 is 0. The lowest BCUT2D eigenvalue weighted by Gasteiger charge is -2.28. The Morgan fingerprint density at radius 2 is 0.591 bits per heavy atom. The Morgan fingerprint density at radius 3 is 1.07 bits per heavy atom. The zero-order chi connectivity index (χ0) is 29.6. The van der Waals surface area contributed by atoms with Gasteiger partial charge in [-0.3, -0.25) is 0 Å². The van der Waals surface area contributed by atoms with Crippen molar-refractivity contribution < 1.29 is 0 Å². The predicted molar refractivity (Wildman–Crippen MR) is 195 cm³/mol. The van der Waals surface area contributed by atoms with Gasteiger partial charge in [-0.15, -0.1) is 0 Å². The second-order valence-electron chi connectivity index (χ2n) is 10.6. The van der Waals surface area contributed by atoms with Crippen molar-refractivity contribution in [3.05, 3.63) is 194 Å². The van der Waals surface area contributed by atoms with Crippen molar-refractivity contribution in [2.75, 3.05) is 0 Å². The lowest BCUT2D eigenvalue weighted by molar-refractivity contribution is 1.61. The minimum atomic E-state index is -0.830. The fraction of sp³-hybridized carbons (Fsp3) is 0. The topological polar surface area (TPSA) is 0 Å². The number of hydrogen-bond acceptors (Lipinski definition) is 0. The van der Waals surface area contributed by atoms with E-state index in [4.69, 9.17) is 0 Å². The highest BCUT2D eigenvalue weighted by atomic mass is 31.1. The molecule has 0 aliphatic rings. The molecule has 0 aromatic heterocycles. The standard InChI is InChI=1S/C42H32P2/c1-6-19-33(20-7-1)38-30-18-32-41(44(36-25-12-4-13-26-36)37-27-14-5-15-28-37)42(38)39-29-16-17-31-40(39)43(34-21-8-2-9-22-34)35-23-10-3-11-24-35/h1-32H. The van der Waals surface area contributed by atoms with Crippen LogP contribution in [0.5, 0.6) is 0 Å². The molecular weight excluding hydrogens is 566 g/mol. The molecule has 0 saturated heterocycles. The molecule has 0 fully saturated rings. The van der Waals surface area contributed by atoms with Gasteiger partial charge in [-0.1, -0.05) is 194 Å². The van der Waals surface area contributed by atoms with Gasteiger partial charge in [0.1, 0.15) is 0 Å². The van der Waals surface area contributed by atoms with Crippen LogP contribution in [0.15, 0.2) is 194 Å². The maximum absolute atomic E-state index is 2.37. The second-order valence-corrected chi connectivity index (χ2v) is 15.0. The van der Waals surface area contributed by atoms with Crippen molar-refractivity contribution in [2.24, 2.45) is 0 Å². The van der Waals surface area contributed by atoms with Crippen LogP contribution in [0.2, 0.25) is 0 Å². The second kappa shape index (κ2) is 13.4. The van der Waals surface area contributed by atoms with E-state index in [0.717, 1.165) is 0 Å². The third-order valence-electron chi connectivity index (χ3n) is 7.84. The van der Waals surface area contributed by atoms with Crippen LogP contribution in [0.1, 0.15) is 0 Å². The highest BCUT2D eigenvalue weighted by molar-refractivity contribution is 7.80. The van der Waals surface area contributed by atoms with Crippen LogP contribution >= 0.6 is 15.8 Å². The molecule has 0 aliphatic carbocycles. The van der Waals surface area contributed by atoms with Gasteiger partial charge in [0.05, 0.1) is 0 Å². The molecule has 0 amide bonds. The Labute approximate surface area is 263 Å². The van der Waals surface area contributed by atoms with Crippen molar-refractivity contribution in [3.63, 3.8) is 0 Å². The molecular formula is C42H32P2. The summed E-state index contributed by atoms with van der Waals surface area (Å²) in [5.74, 6) is 0. The van der Waals surface area contributed by atoms with Gasteiger partial charge in [-0.2, -0.15) is 0 Å². The summed E-state index contributed by atoms with van der Waals surface area (Å²) in [6.45, 7) is 0. The molecule has 7 aromatic rings. The zero-order valence-corrected chi connectivity index (χ0v) is 26.2. The van der Waals surface area contributed by atoms with Gasteiger partial charge >= 0.3 is 0 Å². The van der Waals surface area contributed by atoms with Gasteiger partial charge in [0.2, 0.25) is 0 Å². The maximum atomic E-state index is 2.37. The Bertz CT molecular complexity index is 1860. The molecule has 0 atom stereocenters. The van der Waals surface area contributed by atoms with Crippen LogP contribution in [0.4, 0.5) is 0 Å². The summed E-state index contributed by atoms with van der Waals surface area (Å²) in [4.78, 5) is 0. The normalized spacial score (nSPS) is 11.1. The monoisotopic (exact) mass is 598 g/mol. The average Bonchev–Trinajstić information content (AvgIpc) is 3.11. The summed E-state index contributed by atoms with van der Waals surface area (Å²) in [5.41, 5.74) is 5.14. The van der Waals surface area contributed by atoms with Crippen LogP contribution in [0, 0.1) is 0 Å². The fourth-order valence-corrected chi connectivity index (χ4v) is 10.9. The van der Waals surface area contributed by atoms with Crippen molar-refractivity contribution in [2.45, 2.75) is 0 Å². The van der Waals surface area contributed by atoms with E-state index in [9.17, 15) is 0 Å². The summed E-state index contributed by atoms with van der Waals surface area (Å²) in [6, 6.07) is 71.1. The third-order valence-corrected chi connectivity index (χ3v) is 12.8. The third kappa shape index (κ3) is 5.80. The van der Waals surface area contributed by atoms with Crippen LogP contribution in [0.25, 0.3) is 22.3 Å². The average molecular weight is 599 g/mol. The largest absolute Gasteiger partial charge is 0.0622 e. The molecule has 0 aliphatic heterocycles. The van der Waals surface area contributed by atoms with Gasteiger partial charge in [0.25, 0.3) is 0 Å². The summed E-state index contributed by atoms with van der Waals surface area (Å²) in [6.07, 6.45) is 0. The first-order chi connectivity index (χ1) is 21.9. The highest BCUT2D eigenvalue weighted by Gasteiger charge is 2.27. The van der Waals surface area contributed by atoms with Gasteiger partial charge < -0.3 is 0 Å². The number of benzene rings is 7. The first-order valence-corrected chi connectivity index (χ1v) is 17.6. The summed E-state index contributed by atoms with van der Waals surface area (Å²) in [7, 11) is -1.63. The Hall–Kier alpha value is -4.60. The molecule has 44 heavy (non-hydrogen) atoms. The van der Waals surface area contributed by atoms with Gasteiger partial charge in [-0.05, 0) is 69.9 Å². The molecule has 0 bridgehead atoms. The van der Waals surface area contributed by atoms with Gasteiger partial charge in [0.15, 0.2) is 0 Å². The zero-order valence-electron chi connectivity index (χ0n) is 24.4. The van der Waals surface area contributed by atoms with E-state index in [-0.39, 0.29) is 0 Å². The molecule has 2 heteroatoms. The predicted octanol–water partition coefficient (Wildman–Crippen LogP) is 8.54. The smallest absolute Gasteiger partial charge is 0.00151 e. The van der Waals surface area contributed by atoms with Crippen LogP contribution in [0.3, 0.4) is 0 Å². The van der Waals surface area contributed by atoms with Crippen molar-refractivity contribution in [1.82, 2.24) is 0 Å². The lowest BCUT2D eigenvalue weighted by atomic mass is 9.94. The van der Waals surface area contributed by atoms with E-state index in [1.165, 1.54) is 54.1 Å². The first-order valence-electron chi connectivity index (χ1n) is 15.0. The Balaban J connectivity index is 1.55. The van der Waals surface area contributed by atoms with E-state index in [0.29, 0.717) is 0 Å². The molecule has 210 valence electrons. The summed E-state index contributed by atoms with van der Waals surface area (Å²) < 4.78 is 0. The van der Waals surface area contributed by atoms with E-state index < -0.39 is 15.8 Å². The molecule has 7 rings (SSSR count). The van der Waals surface area contributed by atoms with E-state index in [1.54, 1.807) is 0 Å². The quantitative estimate of drug-likeness (QED) is 0.154. The molecule has 0 unspecified atom stereocenters. The van der Waals surface area contributed by atoms with Crippen LogP contribution in [-0.2, 0) is 0 Å². The van der Waals surface area contributed by atoms with Crippen LogP contribution in [-0.4, -0.2) is 0 Å². The molecule has 0 saturated carbocycles. The van der Waals surface area contributed by atoms with Gasteiger partial charge in [0, 0.05) is 0 Å². The number of hydrogen-bond donors (Lipinski definition) is 0. The van der Waals surface area contributed by atoms with Crippen molar-refractivity contribution >= 4 is 47.7 Å². The summed E-state index contributed by atoms with van der Waals surface area (Å²) in [5, 5.41) is 8.17. The van der Waals surface area contributed by atoms with E-state index in [2.05, 4.69) is 194 Å². The van der Waals surface area contributed by atoms with E-state index in [1.807, 2.05) is 0 Å². The number of rotatable bonds is 8. The molecule has 7 aromatic carbocycles. The highest BCUT2D eigenvalue weighted by Crippen LogP contribution is 2.44. The SMILES string of the molecule is c1ccc(-c2cccc(P(c3ccccc3)c3ccccc3)c2-c2ccccc2P(c2ccccc2)c2ccccc2)cc1. The minimum absolute atomic E-state index is 0.805. The molecule has 0 N–H and O–H groups in total. The molecule has 0 nitrogen and oxygen atoms in total. The lowest BCUT2D eigenvalue weighted by Crippen LogP contribution is -2.26. The molecule has 0 heterocycles. The van der Waals surface area contributed by atoms with E-state index >= 15 is 0 Å². The van der Waals surface area contributed by atoms with Gasteiger partial charge in [-0.25, -0.2) is 0 Å².